The van der Waals surface area contributed by atoms with Crippen LogP contribution in [0.4, 0.5) is 23.2 Å². The first kappa shape index (κ1) is 20.1. The van der Waals surface area contributed by atoms with Crippen LogP contribution < -0.4 is 5.32 Å². The van der Waals surface area contributed by atoms with Crippen LogP contribution in [0.25, 0.3) is 10.9 Å². The van der Waals surface area contributed by atoms with Gasteiger partial charge in [0.05, 0.1) is 16.8 Å². The van der Waals surface area contributed by atoms with Crippen molar-refractivity contribution < 1.29 is 27.2 Å². The molecule has 0 aliphatic carbocycles. The van der Waals surface area contributed by atoms with Gasteiger partial charge in [0, 0.05) is 28.8 Å². The quantitative estimate of drug-likeness (QED) is 0.293. The molecule has 0 bridgehead atoms. The van der Waals surface area contributed by atoms with E-state index in [0.717, 1.165) is 12.1 Å². The standard InChI is InChI=1S/C22H11F4N3O2/c23-14-3-1-2-12(7-14)22(31)29-17-8-15(24)19(25)18(20(17)26)21(30)11-4-5-16-13(6-11)9-27-10-28-16/h1-10H,(H,29,31). The van der Waals surface area contributed by atoms with Crippen LogP contribution in [0.15, 0.2) is 61.1 Å². The molecule has 0 fully saturated rings. The summed E-state index contributed by atoms with van der Waals surface area (Å²) in [5.74, 6) is -7.51. The lowest BCUT2D eigenvalue weighted by molar-refractivity contribution is 0.101. The second kappa shape index (κ2) is 7.94. The summed E-state index contributed by atoms with van der Waals surface area (Å²) >= 11 is 0. The second-order valence-electron chi connectivity index (χ2n) is 6.50. The number of aromatic nitrogens is 2. The summed E-state index contributed by atoms with van der Waals surface area (Å²) in [5, 5.41) is 2.47. The Morgan fingerprint density at radius 3 is 2.45 bits per heavy atom. The number of carbonyl (C=O) groups is 2. The number of benzene rings is 3. The summed E-state index contributed by atoms with van der Waals surface area (Å²) in [6.07, 6.45) is 2.70. The number of hydrogen-bond donors (Lipinski definition) is 1. The summed E-state index contributed by atoms with van der Waals surface area (Å²) in [7, 11) is 0. The topological polar surface area (TPSA) is 72.0 Å². The predicted octanol–water partition coefficient (Wildman–Crippen LogP) is 4.67. The monoisotopic (exact) mass is 425 g/mol. The molecule has 0 aliphatic rings. The second-order valence-corrected chi connectivity index (χ2v) is 6.50. The summed E-state index contributed by atoms with van der Waals surface area (Å²) in [4.78, 5) is 32.8. The zero-order chi connectivity index (χ0) is 22.1. The molecule has 9 heteroatoms. The molecule has 0 aliphatic heterocycles. The Hall–Kier alpha value is -4.14. The van der Waals surface area contributed by atoms with Crippen molar-refractivity contribution >= 4 is 28.3 Å². The first-order valence-electron chi connectivity index (χ1n) is 8.84. The van der Waals surface area contributed by atoms with E-state index < -0.39 is 46.2 Å². The molecule has 0 unspecified atom stereocenters. The van der Waals surface area contributed by atoms with Gasteiger partial charge in [0.2, 0.25) is 0 Å². The van der Waals surface area contributed by atoms with Gasteiger partial charge in [0.15, 0.2) is 23.2 Å². The first-order chi connectivity index (χ1) is 14.8. The molecule has 0 saturated heterocycles. The lowest BCUT2D eigenvalue weighted by atomic mass is 9.99. The molecule has 0 spiro atoms. The average molecular weight is 425 g/mol. The summed E-state index contributed by atoms with van der Waals surface area (Å²) < 4.78 is 56.8. The number of nitrogens with zero attached hydrogens (tertiary/aromatic N) is 2. The van der Waals surface area contributed by atoms with Gasteiger partial charge in [-0.05, 0) is 36.4 Å². The molecule has 4 aromatic rings. The number of carbonyl (C=O) groups excluding carboxylic acids is 2. The molecule has 31 heavy (non-hydrogen) atoms. The van der Waals surface area contributed by atoms with Crippen molar-refractivity contribution in [2.45, 2.75) is 0 Å². The number of halogens is 4. The molecule has 1 amide bonds. The van der Waals surface area contributed by atoms with E-state index in [1.54, 1.807) is 0 Å². The molecular formula is C22H11F4N3O2. The minimum atomic E-state index is -1.70. The Morgan fingerprint density at radius 2 is 1.68 bits per heavy atom. The molecule has 4 rings (SSSR count). The molecule has 154 valence electrons. The maximum absolute atomic E-state index is 15.0. The van der Waals surface area contributed by atoms with E-state index in [9.17, 15) is 27.2 Å². The molecule has 1 aromatic heterocycles. The number of anilines is 1. The van der Waals surface area contributed by atoms with Crippen LogP contribution in [0.3, 0.4) is 0 Å². The zero-order valence-electron chi connectivity index (χ0n) is 15.5. The molecule has 1 heterocycles. The highest BCUT2D eigenvalue weighted by Gasteiger charge is 2.26. The lowest BCUT2D eigenvalue weighted by Crippen LogP contribution is -2.17. The van der Waals surface area contributed by atoms with Gasteiger partial charge >= 0.3 is 0 Å². The largest absolute Gasteiger partial charge is 0.319 e. The highest BCUT2D eigenvalue weighted by atomic mass is 19.2. The Kier molecular flexibility index (Phi) is 5.16. The Bertz CT molecular complexity index is 1360. The van der Waals surface area contributed by atoms with E-state index in [1.807, 2.05) is 5.32 Å². The number of amides is 1. The number of nitrogens with one attached hydrogen (secondary N) is 1. The van der Waals surface area contributed by atoms with Gasteiger partial charge in [0.1, 0.15) is 12.1 Å². The maximum Gasteiger partial charge on any atom is 0.255 e. The van der Waals surface area contributed by atoms with Crippen LogP contribution in [0.2, 0.25) is 0 Å². The van der Waals surface area contributed by atoms with E-state index in [2.05, 4.69) is 9.97 Å². The number of fused-ring (bicyclic) bond motifs is 1. The number of hydrogen-bond acceptors (Lipinski definition) is 4. The third-order valence-electron chi connectivity index (χ3n) is 4.49. The summed E-state index contributed by atoms with van der Waals surface area (Å²) in [6.45, 7) is 0. The van der Waals surface area contributed by atoms with Gasteiger partial charge in [-0.1, -0.05) is 6.07 Å². The molecule has 1 N–H and O–H groups in total. The van der Waals surface area contributed by atoms with Crippen LogP contribution in [0.5, 0.6) is 0 Å². The fourth-order valence-electron chi connectivity index (χ4n) is 2.99. The van der Waals surface area contributed by atoms with Gasteiger partial charge in [0.25, 0.3) is 5.91 Å². The normalized spacial score (nSPS) is 10.8. The van der Waals surface area contributed by atoms with Gasteiger partial charge < -0.3 is 5.32 Å². The third-order valence-corrected chi connectivity index (χ3v) is 4.49. The molecule has 0 radical (unpaired) electrons. The van der Waals surface area contributed by atoms with Crippen LogP contribution in [-0.2, 0) is 0 Å². The third kappa shape index (κ3) is 3.85. The number of rotatable bonds is 4. The van der Waals surface area contributed by atoms with Gasteiger partial charge in [-0.3, -0.25) is 9.59 Å². The smallest absolute Gasteiger partial charge is 0.255 e. The predicted molar refractivity (Wildman–Crippen MR) is 104 cm³/mol. The highest BCUT2D eigenvalue weighted by Crippen LogP contribution is 2.27. The van der Waals surface area contributed by atoms with Crippen molar-refractivity contribution in [3.05, 3.63) is 101 Å². The van der Waals surface area contributed by atoms with E-state index in [0.29, 0.717) is 17.0 Å². The first-order valence-corrected chi connectivity index (χ1v) is 8.84. The van der Waals surface area contributed by atoms with Crippen molar-refractivity contribution in [3.8, 4) is 0 Å². The highest BCUT2D eigenvalue weighted by molar-refractivity contribution is 6.12. The van der Waals surface area contributed by atoms with E-state index >= 15 is 0 Å². The minimum Gasteiger partial charge on any atom is -0.319 e. The van der Waals surface area contributed by atoms with E-state index in [1.165, 1.54) is 42.9 Å². The van der Waals surface area contributed by atoms with Crippen molar-refractivity contribution in [2.24, 2.45) is 0 Å². The fourth-order valence-corrected chi connectivity index (χ4v) is 2.99. The fraction of sp³-hybridized carbons (Fsp3) is 0. The van der Waals surface area contributed by atoms with Gasteiger partial charge in [-0.2, -0.15) is 0 Å². The van der Waals surface area contributed by atoms with Gasteiger partial charge in [-0.15, -0.1) is 0 Å². The van der Waals surface area contributed by atoms with Crippen molar-refractivity contribution in [2.75, 3.05) is 5.32 Å². The average Bonchev–Trinajstić information content (AvgIpc) is 2.77. The molecule has 5 nitrogen and oxygen atoms in total. The van der Waals surface area contributed by atoms with Crippen LogP contribution in [-0.4, -0.2) is 21.7 Å². The zero-order valence-corrected chi connectivity index (χ0v) is 15.5. The minimum absolute atomic E-state index is 0.131. The molecule has 0 atom stereocenters. The molecule has 0 saturated carbocycles. The van der Waals surface area contributed by atoms with E-state index in [4.69, 9.17) is 0 Å². The summed E-state index contributed by atoms with van der Waals surface area (Å²) in [5.41, 5.74) is -1.75. The van der Waals surface area contributed by atoms with E-state index in [-0.39, 0.29) is 11.1 Å². The van der Waals surface area contributed by atoms with Crippen LogP contribution in [0, 0.1) is 23.3 Å². The van der Waals surface area contributed by atoms with Crippen molar-refractivity contribution in [1.82, 2.24) is 9.97 Å². The Labute approximate surface area is 172 Å². The SMILES string of the molecule is O=C(Nc1cc(F)c(F)c(C(=O)c2ccc3ncncc3c2)c1F)c1cccc(F)c1. The van der Waals surface area contributed by atoms with Gasteiger partial charge in [-0.25, -0.2) is 27.5 Å². The molecular weight excluding hydrogens is 414 g/mol. The van der Waals surface area contributed by atoms with Crippen molar-refractivity contribution in [3.63, 3.8) is 0 Å². The van der Waals surface area contributed by atoms with Crippen LogP contribution in [0.1, 0.15) is 26.3 Å². The van der Waals surface area contributed by atoms with Crippen molar-refractivity contribution in [1.29, 1.82) is 0 Å². The van der Waals surface area contributed by atoms with Crippen LogP contribution >= 0.6 is 0 Å². The Morgan fingerprint density at radius 1 is 0.871 bits per heavy atom. The Balaban J connectivity index is 1.74. The summed E-state index contributed by atoms with van der Waals surface area (Å²) in [6, 6.07) is 8.94. The molecule has 3 aromatic carbocycles. The lowest BCUT2D eigenvalue weighted by Gasteiger charge is -2.12. The maximum atomic E-state index is 15.0. The number of ketones is 1.